The minimum Gasteiger partial charge on any atom is -0.493 e. The minimum atomic E-state index is -0.627. The van der Waals surface area contributed by atoms with E-state index in [9.17, 15) is 4.79 Å². The van der Waals surface area contributed by atoms with Crippen LogP contribution in [0, 0.1) is 0 Å². The van der Waals surface area contributed by atoms with E-state index in [2.05, 4.69) is 0 Å². The monoisotopic (exact) mass is 366 g/mol. The van der Waals surface area contributed by atoms with Gasteiger partial charge >= 0.3 is 0 Å². The Labute approximate surface area is 149 Å². The van der Waals surface area contributed by atoms with Crippen LogP contribution in [-0.2, 0) is 4.79 Å². The SMILES string of the molecule is COc1ccc(C2C(N)C(=O)N2c2ccc(Cl)c(Cl)c2)cc1OC. The lowest BCUT2D eigenvalue weighted by atomic mass is 9.88. The highest BCUT2D eigenvalue weighted by molar-refractivity contribution is 6.42. The highest BCUT2D eigenvalue weighted by Crippen LogP contribution is 2.42. The molecule has 0 bridgehead atoms. The topological polar surface area (TPSA) is 64.8 Å². The number of hydrogen-bond donors (Lipinski definition) is 1. The van der Waals surface area contributed by atoms with Crippen molar-refractivity contribution in [3.63, 3.8) is 0 Å². The number of halogens is 2. The van der Waals surface area contributed by atoms with Gasteiger partial charge < -0.3 is 20.1 Å². The van der Waals surface area contributed by atoms with Crippen LogP contribution in [0.1, 0.15) is 11.6 Å². The summed E-state index contributed by atoms with van der Waals surface area (Å²) in [5, 5.41) is 0.814. The van der Waals surface area contributed by atoms with Gasteiger partial charge in [0.25, 0.3) is 0 Å². The van der Waals surface area contributed by atoms with Gasteiger partial charge in [0.2, 0.25) is 5.91 Å². The molecule has 1 fully saturated rings. The van der Waals surface area contributed by atoms with Crippen LogP contribution in [0.5, 0.6) is 11.5 Å². The van der Waals surface area contributed by atoms with Crippen molar-refractivity contribution in [2.24, 2.45) is 5.73 Å². The maximum absolute atomic E-state index is 12.3. The number of β-lactam (4-membered cyclic amide) rings is 1. The molecule has 3 rings (SSSR count). The van der Waals surface area contributed by atoms with Crippen LogP contribution in [0.15, 0.2) is 36.4 Å². The van der Waals surface area contributed by atoms with Gasteiger partial charge in [-0.2, -0.15) is 0 Å². The molecule has 1 aliphatic rings. The number of nitrogens with two attached hydrogens (primary N) is 1. The van der Waals surface area contributed by atoms with Crippen LogP contribution in [0.3, 0.4) is 0 Å². The van der Waals surface area contributed by atoms with Gasteiger partial charge in [0.1, 0.15) is 6.04 Å². The van der Waals surface area contributed by atoms with E-state index in [1.807, 2.05) is 12.1 Å². The Bertz CT molecular complexity index is 797. The number of hydrogen-bond acceptors (Lipinski definition) is 4. The van der Waals surface area contributed by atoms with Gasteiger partial charge in [-0.25, -0.2) is 0 Å². The molecule has 1 saturated heterocycles. The maximum Gasteiger partial charge on any atom is 0.247 e. The van der Waals surface area contributed by atoms with Crippen molar-refractivity contribution in [3.05, 3.63) is 52.0 Å². The van der Waals surface area contributed by atoms with Gasteiger partial charge in [-0.3, -0.25) is 4.79 Å². The zero-order chi connectivity index (χ0) is 17.4. The Balaban J connectivity index is 1.99. The van der Waals surface area contributed by atoms with E-state index in [0.29, 0.717) is 27.2 Å². The number of rotatable bonds is 4. The fourth-order valence-corrected chi connectivity index (χ4v) is 3.12. The summed E-state index contributed by atoms with van der Waals surface area (Å²) in [7, 11) is 3.13. The first-order chi connectivity index (χ1) is 11.5. The molecule has 0 radical (unpaired) electrons. The summed E-state index contributed by atoms with van der Waals surface area (Å²) in [5.41, 5.74) is 7.54. The van der Waals surface area contributed by atoms with Gasteiger partial charge in [0, 0.05) is 5.69 Å². The summed E-state index contributed by atoms with van der Waals surface area (Å²) in [4.78, 5) is 13.9. The molecule has 24 heavy (non-hydrogen) atoms. The Kier molecular flexibility index (Phi) is 4.58. The molecule has 2 aromatic rings. The minimum absolute atomic E-state index is 0.173. The van der Waals surface area contributed by atoms with Crippen molar-refractivity contribution < 1.29 is 14.3 Å². The second-order valence-corrected chi connectivity index (χ2v) is 6.21. The van der Waals surface area contributed by atoms with E-state index in [0.717, 1.165) is 5.56 Å². The van der Waals surface area contributed by atoms with E-state index in [1.165, 1.54) is 0 Å². The second-order valence-electron chi connectivity index (χ2n) is 5.39. The molecular formula is C17H16Cl2N2O3. The average molecular weight is 367 g/mol. The van der Waals surface area contributed by atoms with E-state index < -0.39 is 6.04 Å². The Morgan fingerprint density at radius 2 is 1.71 bits per heavy atom. The van der Waals surface area contributed by atoms with Crippen molar-refractivity contribution in [1.29, 1.82) is 0 Å². The van der Waals surface area contributed by atoms with E-state index in [1.54, 1.807) is 43.4 Å². The molecular weight excluding hydrogens is 351 g/mol. The Morgan fingerprint density at radius 1 is 1.00 bits per heavy atom. The van der Waals surface area contributed by atoms with Gasteiger partial charge in [-0.05, 0) is 35.9 Å². The first kappa shape index (κ1) is 16.9. The van der Waals surface area contributed by atoms with Gasteiger partial charge in [-0.15, -0.1) is 0 Å². The lowest BCUT2D eigenvalue weighted by Crippen LogP contribution is -2.63. The molecule has 2 aromatic carbocycles. The number of carbonyl (C=O) groups is 1. The molecule has 5 nitrogen and oxygen atoms in total. The first-order valence-corrected chi connectivity index (χ1v) is 7.99. The quantitative estimate of drug-likeness (QED) is 0.841. The van der Waals surface area contributed by atoms with Crippen LogP contribution >= 0.6 is 23.2 Å². The molecule has 2 atom stereocenters. The maximum atomic E-state index is 12.3. The third-order valence-corrected chi connectivity index (χ3v) is 4.81. The van der Waals surface area contributed by atoms with E-state index in [4.69, 9.17) is 38.4 Å². The fourth-order valence-electron chi connectivity index (χ4n) is 2.83. The molecule has 7 heteroatoms. The average Bonchev–Trinajstić information content (AvgIpc) is 2.60. The van der Waals surface area contributed by atoms with Gasteiger partial charge in [-0.1, -0.05) is 29.3 Å². The van der Waals surface area contributed by atoms with Crippen molar-refractivity contribution in [2.75, 3.05) is 19.1 Å². The standard InChI is InChI=1S/C17H16Cl2N2O3/c1-23-13-6-3-9(7-14(13)24-2)16-15(20)17(22)21(16)10-4-5-11(18)12(19)8-10/h3-8,15-16H,20H2,1-2H3. The number of amides is 1. The summed E-state index contributed by atoms with van der Waals surface area (Å²) >= 11 is 12.0. The van der Waals surface area contributed by atoms with Gasteiger partial charge in [0.15, 0.2) is 11.5 Å². The number of ether oxygens (including phenoxy) is 2. The van der Waals surface area contributed by atoms with E-state index >= 15 is 0 Å². The van der Waals surface area contributed by atoms with Crippen LogP contribution in [0.25, 0.3) is 0 Å². The lowest BCUT2D eigenvalue weighted by molar-refractivity contribution is -0.126. The summed E-state index contributed by atoms with van der Waals surface area (Å²) in [6.45, 7) is 0. The van der Waals surface area contributed by atoms with Gasteiger partial charge in [0.05, 0.1) is 30.3 Å². The zero-order valence-electron chi connectivity index (χ0n) is 13.1. The predicted molar refractivity (Wildman–Crippen MR) is 94.2 cm³/mol. The summed E-state index contributed by atoms with van der Waals surface area (Å²) in [6, 6.07) is 9.59. The fraction of sp³-hybridized carbons (Fsp3) is 0.235. The molecule has 2 N–H and O–H groups in total. The molecule has 126 valence electrons. The number of benzene rings is 2. The third kappa shape index (κ3) is 2.69. The molecule has 0 spiro atoms. The molecule has 0 aromatic heterocycles. The molecule has 1 amide bonds. The summed E-state index contributed by atoms with van der Waals surface area (Å²) < 4.78 is 10.6. The Morgan fingerprint density at radius 3 is 2.33 bits per heavy atom. The smallest absolute Gasteiger partial charge is 0.247 e. The second kappa shape index (κ2) is 6.51. The third-order valence-electron chi connectivity index (χ3n) is 4.07. The van der Waals surface area contributed by atoms with Crippen molar-refractivity contribution in [1.82, 2.24) is 0 Å². The zero-order valence-corrected chi connectivity index (χ0v) is 14.6. The van der Waals surface area contributed by atoms with Crippen molar-refractivity contribution >= 4 is 34.8 Å². The number of anilines is 1. The number of nitrogens with zero attached hydrogens (tertiary/aromatic N) is 1. The first-order valence-electron chi connectivity index (χ1n) is 7.23. The van der Waals surface area contributed by atoms with E-state index in [-0.39, 0.29) is 11.9 Å². The Hall–Kier alpha value is -1.95. The van der Waals surface area contributed by atoms with Crippen LogP contribution < -0.4 is 20.1 Å². The van der Waals surface area contributed by atoms with Crippen LogP contribution in [0.4, 0.5) is 5.69 Å². The highest BCUT2D eigenvalue weighted by Gasteiger charge is 2.47. The van der Waals surface area contributed by atoms with Crippen molar-refractivity contribution in [3.8, 4) is 11.5 Å². The summed E-state index contributed by atoms with van der Waals surface area (Å²) in [5.74, 6) is 1.02. The molecule has 1 aliphatic heterocycles. The number of carbonyl (C=O) groups excluding carboxylic acids is 1. The predicted octanol–water partition coefficient (Wildman–Crippen LogP) is 3.43. The molecule has 2 unspecified atom stereocenters. The van der Waals surface area contributed by atoms with Crippen LogP contribution in [0.2, 0.25) is 10.0 Å². The molecule has 1 heterocycles. The highest BCUT2D eigenvalue weighted by atomic mass is 35.5. The lowest BCUT2D eigenvalue weighted by Gasteiger charge is -2.45. The largest absolute Gasteiger partial charge is 0.493 e. The molecule has 0 saturated carbocycles. The molecule has 0 aliphatic carbocycles. The summed E-state index contributed by atoms with van der Waals surface area (Å²) in [6.07, 6.45) is 0. The van der Waals surface area contributed by atoms with Crippen LogP contribution in [-0.4, -0.2) is 26.2 Å². The van der Waals surface area contributed by atoms with Crippen molar-refractivity contribution in [2.45, 2.75) is 12.1 Å². The number of methoxy groups -OCH3 is 2. The normalized spacial score (nSPS) is 19.9.